The lowest BCUT2D eigenvalue weighted by molar-refractivity contribution is 0.0745. The van der Waals surface area contributed by atoms with Crippen molar-refractivity contribution in [3.63, 3.8) is 0 Å². The number of rotatable bonds is 5. The van der Waals surface area contributed by atoms with Gasteiger partial charge in [-0.3, -0.25) is 14.3 Å². The molecule has 7 heteroatoms. The molecule has 1 aromatic heterocycles. The van der Waals surface area contributed by atoms with E-state index in [2.05, 4.69) is 10.4 Å². The third-order valence-electron chi connectivity index (χ3n) is 4.59. The van der Waals surface area contributed by atoms with Gasteiger partial charge in [-0.05, 0) is 37.5 Å². The van der Waals surface area contributed by atoms with E-state index in [1.807, 2.05) is 13.8 Å². The molecular formula is C19H23FN4O2. The quantitative estimate of drug-likeness (QED) is 0.893. The summed E-state index contributed by atoms with van der Waals surface area (Å²) in [7, 11) is 0. The van der Waals surface area contributed by atoms with E-state index < -0.39 is 0 Å². The van der Waals surface area contributed by atoms with Gasteiger partial charge in [-0.25, -0.2) is 4.39 Å². The summed E-state index contributed by atoms with van der Waals surface area (Å²) < 4.78 is 14.7. The van der Waals surface area contributed by atoms with Crippen molar-refractivity contribution < 1.29 is 14.0 Å². The first kappa shape index (κ1) is 18.1. The number of nitrogens with one attached hydrogen (secondary N) is 1. The van der Waals surface area contributed by atoms with E-state index in [4.69, 9.17) is 0 Å². The highest BCUT2D eigenvalue weighted by Gasteiger charge is 2.26. The number of halogens is 1. The van der Waals surface area contributed by atoms with Crippen molar-refractivity contribution in [2.24, 2.45) is 0 Å². The molecule has 1 aliphatic rings. The number of hydrogen-bond donors (Lipinski definition) is 1. The molecule has 2 amide bonds. The molecule has 0 spiro atoms. The Balaban J connectivity index is 1.78. The molecule has 0 radical (unpaired) electrons. The molecule has 2 heterocycles. The zero-order chi connectivity index (χ0) is 18.7. The molecule has 26 heavy (non-hydrogen) atoms. The number of carbonyl (C=O) groups is 2. The van der Waals surface area contributed by atoms with Crippen LogP contribution >= 0.6 is 0 Å². The van der Waals surface area contributed by atoms with Crippen molar-refractivity contribution in [2.75, 3.05) is 6.54 Å². The number of hydrogen-bond acceptors (Lipinski definition) is 3. The SMILES string of the molecule is CC[C@@H](C)NC(=O)c1cc2n(n1)CCCN(Cc1ccc(F)cc1)C2=O. The zero-order valence-electron chi connectivity index (χ0n) is 15.0. The van der Waals surface area contributed by atoms with Crippen LogP contribution in [0.25, 0.3) is 0 Å². The zero-order valence-corrected chi connectivity index (χ0v) is 15.0. The summed E-state index contributed by atoms with van der Waals surface area (Å²) in [6, 6.07) is 7.74. The number of amides is 2. The average Bonchev–Trinajstić information content (AvgIpc) is 3.00. The Hall–Kier alpha value is -2.70. The van der Waals surface area contributed by atoms with E-state index >= 15 is 0 Å². The fourth-order valence-corrected chi connectivity index (χ4v) is 2.91. The highest BCUT2D eigenvalue weighted by molar-refractivity contribution is 5.98. The van der Waals surface area contributed by atoms with E-state index in [9.17, 15) is 14.0 Å². The van der Waals surface area contributed by atoms with Crippen molar-refractivity contribution in [3.8, 4) is 0 Å². The summed E-state index contributed by atoms with van der Waals surface area (Å²) in [5, 5.41) is 7.18. The first-order valence-electron chi connectivity index (χ1n) is 8.90. The predicted octanol–water partition coefficient (Wildman–Crippen LogP) is 2.60. The molecule has 0 fully saturated rings. The Morgan fingerprint density at radius 3 is 2.73 bits per heavy atom. The fourth-order valence-electron chi connectivity index (χ4n) is 2.91. The molecule has 0 saturated heterocycles. The van der Waals surface area contributed by atoms with Gasteiger partial charge in [-0.2, -0.15) is 5.10 Å². The highest BCUT2D eigenvalue weighted by Crippen LogP contribution is 2.17. The van der Waals surface area contributed by atoms with Gasteiger partial charge in [0.15, 0.2) is 5.69 Å². The minimum atomic E-state index is -0.300. The van der Waals surface area contributed by atoms with E-state index in [1.165, 1.54) is 12.1 Å². The maximum atomic E-state index is 13.1. The van der Waals surface area contributed by atoms with Crippen molar-refractivity contribution in [1.29, 1.82) is 0 Å². The van der Waals surface area contributed by atoms with Crippen LogP contribution in [0.4, 0.5) is 4.39 Å². The topological polar surface area (TPSA) is 67.2 Å². The van der Waals surface area contributed by atoms with Crippen molar-refractivity contribution in [1.82, 2.24) is 20.0 Å². The summed E-state index contributed by atoms with van der Waals surface area (Å²) >= 11 is 0. The molecule has 0 aliphatic carbocycles. The van der Waals surface area contributed by atoms with Gasteiger partial charge in [-0.15, -0.1) is 0 Å². The van der Waals surface area contributed by atoms with Gasteiger partial charge < -0.3 is 10.2 Å². The number of carbonyl (C=O) groups excluding carboxylic acids is 2. The predicted molar refractivity (Wildman–Crippen MR) is 95.2 cm³/mol. The number of aromatic nitrogens is 2. The van der Waals surface area contributed by atoms with Gasteiger partial charge in [-0.1, -0.05) is 19.1 Å². The van der Waals surface area contributed by atoms with Crippen LogP contribution in [0.3, 0.4) is 0 Å². The highest BCUT2D eigenvalue weighted by atomic mass is 19.1. The van der Waals surface area contributed by atoms with Crippen molar-refractivity contribution in [2.45, 2.75) is 45.8 Å². The van der Waals surface area contributed by atoms with Gasteiger partial charge in [0.1, 0.15) is 11.5 Å². The summed E-state index contributed by atoms with van der Waals surface area (Å²) in [6.45, 7) is 5.49. The summed E-state index contributed by atoms with van der Waals surface area (Å²) in [5.41, 5.74) is 1.54. The van der Waals surface area contributed by atoms with Crippen LogP contribution in [0.2, 0.25) is 0 Å². The molecule has 1 aliphatic heterocycles. The normalized spacial score (nSPS) is 15.3. The van der Waals surface area contributed by atoms with Crippen LogP contribution in [-0.2, 0) is 13.1 Å². The lowest BCUT2D eigenvalue weighted by Gasteiger charge is -2.20. The summed E-state index contributed by atoms with van der Waals surface area (Å²) in [5.74, 6) is -0.731. The van der Waals surface area contributed by atoms with Gasteiger partial charge in [0.2, 0.25) is 0 Å². The lowest BCUT2D eigenvalue weighted by atomic mass is 10.2. The molecule has 2 aromatic rings. The minimum absolute atomic E-state index is 0.0506. The number of fused-ring (bicyclic) bond motifs is 1. The first-order valence-corrected chi connectivity index (χ1v) is 8.90. The summed E-state index contributed by atoms with van der Waals surface area (Å²) in [4.78, 5) is 26.9. The van der Waals surface area contributed by atoms with Crippen LogP contribution in [0.1, 0.15) is 53.2 Å². The molecule has 1 atom stereocenters. The second-order valence-corrected chi connectivity index (χ2v) is 6.63. The maximum absolute atomic E-state index is 13.1. The van der Waals surface area contributed by atoms with Gasteiger partial charge >= 0.3 is 0 Å². The van der Waals surface area contributed by atoms with Crippen molar-refractivity contribution >= 4 is 11.8 Å². The molecule has 0 bridgehead atoms. The molecule has 138 valence electrons. The van der Waals surface area contributed by atoms with Gasteiger partial charge in [0, 0.05) is 31.7 Å². The van der Waals surface area contributed by atoms with Crippen molar-refractivity contribution in [3.05, 3.63) is 53.1 Å². The van der Waals surface area contributed by atoms with Crippen LogP contribution in [-0.4, -0.2) is 39.1 Å². The summed E-state index contributed by atoms with van der Waals surface area (Å²) in [6.07, 6.45) is 1.57. The standard InChI is InChI=1S/C19H23FN4O2/c1-3-13(2)21-18(25)16-11-17-19(26)23(9-4-10-24(17)22-16)12-14-5-7-15(20)8-6-14/h5-8,11,13H,3-4,9-10,12H2,1-2H3,(H,21,25)/t13-/m1/s1. The van der Waals surface area contributed by atoms with E-state index in [0.29, 0.717) is 25.3 Å². The Kier molecular flexibility index (Phi) is 5.35. The second-order valence-electron chi connectivity index (χ2n) is 6.63. The third-order valence-corrected chi connectivity index (χ3v) is 4.59. The van der Waals surface area contributed by atoms with E-state index in [1.54, 1.807) is 27.8 Å². The minimum Gasteiger partial charge on any atom is -0.348 e. The van der Waals surface area contributed by atoms with Crippen LogP contribution < -0.4 is 5.32 Å². The van der Waals surface area contributed by atoms with Crippen LogP contribution in [0.15, 0.2) is 30.3 Å². The number of nitrogens with zero attached hydrogens (tertiary/aromatic N) is 3. The number of benzene rings is 1. The smallest absolute Gasteiger partial charge is 0.272 e. The second kappa shape index (κ2) is 7.68. The largest absolute Gasteiger partial charge is 0.348 e. The molecular weight excluding hydrogens is 335 g/mol. The monoisotopic (exact) mass is 358 g/mol. The van der Waals surface area contributed by atoms with Crippen LogP contribution in [0, 0.1) is 5.82 Å². The molecule has 1 aromatic carbocycles. The lowest BCUT2D eigenvalue weighted by Crippen LogP contribution is -2.32. The maximum Gasteiger partial charge on any atom is 0.272 e. The average molecular weight is 358 g/mol. The Morgan fingerprint density at radius 1 is 1.31 bits per heavy atom. The first-order chi connectivity index (χ1) is 12.5. The third kappa shape index (κ3) is 3.92. The van der Waals surface area contributed by atoms with Gasteiger partial charge in [0.05, 0.1) is 0 Å². The van der Waals surface area contributed by atoms with E-state index in [-0.39, 0.29) is 29.4 Å². The Bertz CT molecular complexity index is 800. The molecule has 1 N–H and O–H groups in total. The van der Waals surface area contributed by atoms with Crippen LogP contribution in [0.5, 0.6) is 0 Å². The Morgan fingerprint density at radius 2 is 2.04 bits per heavy atom. The van der Waals surface area contributed by atoms with Gasteiger partial charge in [0.25, 0.3) is 11.8 Å². The number of aryl methyl sites for hydroxylation is 1. The molecule has 0 saturated carbocycles. The Labute approximate surface area is 152 Å². The fraction of sp³-hybridized carbons (Fsp3) is 0.421. The molecule has 3 rings (SSSR count). The van der Waals surface area contributed by atoms with E-state index in [0.717, 1.165) is 18.4 Å². The molecule has 6 nitrogen and oxygen atoms in total. The molecule has 0 unspecified atom stereocenters.